The summed E-state index contributed by atoms with van der Waals surface area (Å²) in [6.45, 7) is 23.5. The van der Waals surface area contributed by atoms with E-state index in [1.807, 2.05) is 0 Å². The lowest BCUT2D eigenvalue weighted by Gasteiger charge is -2.51. The third kappa shape index (κ3) is 15.9. The van der Waals surface area contributed by atoms with E-state index in [9.17, 15) is 9.59 Å². The topological polar surface area (TPSA) is 77.5 Å². The number of carbonyl (C=O) groups excluding carboxylic acids is 2. The molecule has 0 bridgehead atoms. The molecule has 2 saturated heterocycles. The lowest BCUT2D eigenvalue weighted by molar-refractivity contribution is -0.287. The third-order valence-electron chi connectivity index (χ3n) is 12.3. The molecule has 0 aromatic rings. The van der Waals surface area contributed by atoms with Crippen LogP contribution in [-0.2, 0) is 28.7 Å². The van der Waals surface area contributed by atoms with Crippen molar-refractivity contribution in [3.8, 4) is 0 Å². The summed E-state index contributed by atoms with van der Waals surface area (Å²) < 4.78 is 12.2. The van der Waals surface area contributed by atoms with Crippen LogP contribution in [0.4, 0.5) is 0 Å². The summed E-state index contributed by atoms with van der Waals surface area (Å²) in [6.07, 6.45) is 22.9. The molecular formula is C44H84N2O6. The standard InChI is InChI=1S/C44H84N2O6/c1-11-13-15-17-23-27-31-49-45-37(5)35(3)33-39(43(45,7)8)51-41(47)29-25-21-19-20-22-26-30-42(48)52-40-34-36(4)38(6)46(44(40,9)10)50-32-28-24-18-16-14-12-2/h35-40H,11-34H2,1-10H3. The molecule has 52 heavy (non-hydrogen) atoms. The molecule has 0 aliphatic carbocycles. The van der Waals surface area contributed by atoms with Crippen LogP contribution >= 0.6 is 0 Å². The Labute approximate surface area is 321 Å². The molecular weight excluding hydrogens is 652 g/mol. The average Bonchev–Trinajstić information content (AvgIpc) is 3.09. The van der Waals surface area contributed by atoms with Crippen molar-refractivity contribution in [1.82, 2.24) is 10.1 Å². The predicted octanol–water partition coefficient (Wildman–Crippen LogP) is 11.5. The smallest absolute Gasteiger partial charge is 0.306 e. The van der Waals surface area contributed by atoms with Crippen LogP contribution in [0.3, 0.4) is 0 Å². The van der Waals surface area contributed by atoms with Gasteiger partial charge in [-0.1, -0.05) is 118 Å². The molecule has 2 aliphatic heterocycles. The second-order valence-electron chi connectivity index (χ2n) is 17.6. The van der Waals surface area contributed by atoms with E-state index in [1.54, 1.807) is 0 Å². The van der Waals surface area contributed by atoms with E-state index in [-0.39, 0.29) is 47.3 Å². The van der Waals surface area contributed by atoms with E-state index >= 15 is 0 Å². The van der Waals surface area contributed by atoms with Crippen LogP contribution in [0.25, 0.3) is 0 Å². The Balaban J connectivity index is 1.64. The van der Waals surface area contributed by atoms with E-state index in [4.69, 9.17) is 19.1 Å². The molecule has 306 valence electrons. The number of unbranched alkanes of at least 4 members (excludes halogenated alkanes) is 15. The summed E-state index contributed by atoms with van der Waals surface area (Å²) >= 11 is 0. The van der Waals surface area contributed by atoms with Gasteiger partial charge in [-0.2, -0.15) is 10.1 Å². The molecule has 2 heterocycles. The maximum absolute atomic E-state index is 12.9. The molecule has 2 rings (SSSR count). The number of hydroxylamine groups is 4. The van der Waals surface area contributed by atoms with Gasteiger partial charge in [0.05, 0.1) is 24.3 Å². The van der Waals surface area contributed by atoms with E-state index in [1.165, 1.54) is 64.2 Å². The van der Waals surface area contributed by atoms with Gasteiger partial charge >= 0.3 is 11.9 Å². The van der Waals surface area contributed by atoms with E-state index in [2.05, 4.69) is 79.4 Å². The van der Waals surface area contributed by atoms with Crippen molar-refractivity contribution in [3.63, 3.8) is 0 Å². The van der Waals surface area contributed by atoms with Crippen LogP contribution in [0.2, 0.25) is 0 Å². The van der Waals surface area contributed by atoms with Crippen LogP contribution in [0.1, 0.15) is 210 Å². The molecule has 0 aromatic heterocycles. The van der Waals surface area contributed by atoms with Crippen LogP contribution < -0.4 is 0 Å². The van der Waals surface area contributed by atoms with Crippen molar-refractivity contribution in [3.05, 3.63) is 0 Å². The first-order valence-corrected chi connectivity index (χ1v) is 22.0. The first-order chi connectivity index (χ1) is 24.8. The van der Waals surface area contributed by atoms with Crippen LogP contribution in [0, 0.1) is 11.8 Å². The zero-order valence-corrected chi connectivity index (χ0v) is 35.8. The summed E-state index contributed by atoms with van der Waals surface area (Å²) in [7, 11) is 0. The van der Waals surface area contributed by atoms with Crippen molar-refractivity contribution in [2.45, 2.75) is 246 Å². The molecule has 6 atom stereocenters. The summed E-state index contributed by atoms with van der Waals surface area (Å²) in [4.78, 5) is 38.6. The second-order valence-corrected chi connectivity index (χ2v) is 17.6. The Hall–Kier alpha value is -1.22. The fourth-order valence-electron chi connectivity index (χ4n) is 8.17. The molecule has 0 amide bonds. The number of ether oxygens (including phenoxy) is 2. The first-order valence-electron chi connectivity index (χ1n) is 22.0. The minimum atomic E-state index is -0.366. The van der Waals surface area contributed by atoms with Crippen molar-refractivity contribution in [1.29, 1.82) is 0 Å². The van der Waals surface area contributed by atoms with Gasteiger partial charge in [0.15, 0.2) is 0 Å². The van der Waals surface area contributed by atoms with Crippen molar-refractivity contribution in [2.75, 3.05) is 13.2 Å². The average molecular weight is 737 g/mol. The van der Waals surface area contributed by atoms with E-state index < -0.39 is 0 Å². The molecule has 0 N–H and O–H groups in total. The Morgan fingerprint density at radius 1 is 0.500 bits per heavy atom. The van der Waals surface area contributed by atoms with Gasteiger partial charge in [-0.25, -0.2) is 0 Å². The van der Waals surface area contributed by atoms with Crippen LogP contribution in [0.15, 0.2) is 0 Å². The van der Waals surface area contributed by atoms with Crippen LogP contribution in [-0.4, -0.2) is 70.6 Å². The highest BCUT2D eigenvalue weighted by molar-refractivity contribution is 5.70. The van der Waals surface area contributed by atoms with E-state index in [0.29, 0.717) is 24.7 Å². The summed E-state index contributed by atoms with van der Waals surface area (Å²) in [5, 5.41) is 4.25. The molecule has 0 radical (unpaired) electrons. The molecule has 8 nitrogen and oxygen atoms in total. The molecule has 8 heteroatoms. The Morgan fingerprint density at radius 2 is 0.808 bits per heavy atom. The lowest BCUT2D eigenvalue weighted by atomic mass is 9.80. The Kier molecular flexibility index (Phi) is 22.6. The van der Waals surface area contributed by atoms with Gasteiger partial charge in [0.2, 0.25) is 0 Å². The zero-order chi connectivity index (χ0) is 38.6. The third-order valence-corrected chi connectivity index (χ3v) is 12.3. The van der Waals surface area contributed by atoms with E-state index in [0.717, 1.165) is 77.4 Å². The summed E-state index contributed by atoms with van der Waals surface area (Å²) in [5.74, 6) is 0.577. The lowest BCUT2D eigenvalue weighted by Crippen LogP contribution is -2.62. The molecule has 2 fully saturated rings. The molecule has 0 aromatic carbocycles. The first kappa shape index (κ1) is 46.9. The number of carbonyl (C=O) groups is 2. The number of nitrogens with zero attached hydrogens (tertiary/aromatic N) is 2. The number of rotatable bonds is 27. The molecule has 2 aliphatic rings. The number of esters is 2. The maximum atomic E-state index is 12.9. The fraction of sp³-hybridized carbons (Fsp3) is 0.955. The highest BCUT2D eigenvalue weighted by Crippen LogP contribution is 2.39. The van der Waals surface area contributed by atoms with Gasteiger partial charge in [0.1, 0.15) is 12.2 Å². The Morgan fingerprint density at radius 3 is 1.15 bits per heavy atom. The van der Waals surface area contributed by atoms with Gasteiger partial charge in [-0.3, -0.25) is 19.3 Å². The van der Waals surface area contributed by atoms with Crippen molar-refractivity contribution < 1.29 is 28.7 Å². The highest BCUT2D eigenvalue weighted by atomic mass is 16.7. The SMILES string of the molecule is CCCCCCCCON1C(C)C(C)CC(OC(=O)CCCCCCCCC(=O)OC2CC(C)C(C)N(OCCCCCCCC)C2(C)C)C1(C)C. The molecule has 6 unspecified atom stereocenters. The maximum Gasteiger partial charge on any atom is 0.306 e. The minimum absolute atomic E-state index is 0.0980. The second kappa shape index (κ2) is 25.0. The van der Waals surface area contributed by atoms with Gasteiger partial charge < -0.3 is 9.47 Å². The van der Waals surface area contributed by atoms with Gasteiger partial charge in [-0.15, -0.1) is 0 Å². The summed E-state index contributed by atoms with van der Waals surface area (Å²) in [6, 6.07) is 0.561. The van der Waals surface area contributed by atoms with Crippen LogP contribution in [0.5, 0.6) is 0 Å². The van der Waals surface area contributed by atoms with Gasteiger partial charge in [0, 0.05) is 24.9 Å². The number of piperidine rings is 2. The number of hydrogen-bond donors (Lipinski definition) is 0. The van der Waals surface area contributed by atoms with Gasteiger partial charge in [0.25, 0.3) is 0 Å². The normalized spacial score (nSPS) is 26.3. The fourth-order valence-corrected chi connectivity index (χ4v) is 8.17. The summed E-state index contributed by atoms with van der Waals surface area (Å²) in [5.41, 5.74) is -0.733. The number of hydrogen-bond acceptors (Lipinski definition) is 8. The van der Waals surface area contributed by atoms with Gasteiger partial charge in [-0.05, 0) is 91.9 Å². The molecule has 0 spiro atoms. The highest BCUT2D eigenvalue weighted by Gasteiger charge is 2.49. The quantitative estimate of drug-likeness (QED) is 0.0609. The minimum Gasteiger partial charge on any atom is -0.460 e. The predicted molar refractivity (Wildman–Crippen MR) is 214 cm³/mol. The van der Waals surface area contributed by atoms with Crippen molar-refractivity contribution in [2.24, 2.45) is 11.8 Å². The monoisotopic (exact) mass is 737 g/mol. The molecule has 0 saturated carbocycles. The van der Waals surface area contributed by atoms with Crippen molar-refractivity contribution >= 4 is 11.9 Å². The largest absolute Gasteiger partial charge is 0.460 e. The Bertz CT molecular complexity index is 896. The zero-order valence-electron chi connectivity index (χ0n) is 35.8.